The molecule has 0 heterocycles. The van der Waals surface area contributed by atoms with Crippen molar-refractivity contribution < 1.29 is 13.9 Å². The second-order valence-electron chi connectivity index (χ2n) is 3.23. The highest BCUT2D eigenvalue weighted by Gasteiger charge is 2.09. The van der Waals surface area contributed by atoms with Gasteiger partial charge in [-0.15, -0.1) is 0 Å². The van der Waals surface area contributed by atoms with Gasteiger partial charge >= 0.3 is 0 Å². The maximum Gasteiger partial charge on any atom is 0.127 e. The summed E-state index contributed by atoms with van der Waals surface area (Å²) in [6.45, 7) is 1.37. The van der Waals surface area contributed by atoms with Crippen molar-refractivity contribution in [3.8, 4) is 11.5 Å². The first-order valence-corrected chi connectivity index (χ1v) is 4.81. The molecular weight excluding hydrogens is 197 g/mol. The standard InChI is InChI=1S/C11H16FNO2/c1-8(13)10-4-3-9(14-2)7-11(10)15-6-5-12/h3-4,7-8H,5-6,13H2,1-2H3. The zero-order valence-electron chi connectivity index (χ0n) is 9.00. The Morgan fingerprint density at radius 1 is 1.47 bits per heavy atom. The number of nitrogens with two attached hydrogens (primary N) is 1. The Balaban J connectivity index is 2.94. The Bertz CT molecular complexity index is 315. The Morgan fingerprint density at radius 2 is 2.20 bits per heavy atom. The molecule has 3 nitrogen and oxygen atoms in total. The summed E-state index contributed by atoms with van der Waals surface area (Å²) in [6.07, 6.45) is 0. The van der Waals surface area contributed by atoms with Gasteiger partial charge in [0.25, 0.3) is 0 Å². The van der Waals surface area contributed by atoms with Crippen molar-refractivity contribution in [3.05, 3.63) is 23.8 Å². The first-order valence-electron chi connectivity index (χ1n) is 4.81. The van der Waals surface area contributed by atoms with Gasteiger partial charge in [0.05, 0.1) is 7.11 Å². The third-order valence-corrected chi connectivity index (χ3v) is 2.05. The van der Waals surface area contributed by atoms with Crippen molar-refractivity contribution in [1.82, 2.24) is 0 Å². The number of alkyl halides is 1. The van der Waals surface area contributed by atoms with Crippen LogP contribution in [0.1, 0.15) is 18.5 Å². The summed E-state index contributed by atoms with van der Waals surface area (Å²) in [6, 6.07) is 5.21. The number of rotatable bonds is 5. The Labute approximate surface area is 89.0 Å². The first-order chi connectivity index (χ1) is 7.19. The van der Waals surface area contributed by atoms with Crippen molar-refractivity contribution in [2.75, 3.05) is 20.4 Å². The zero-order chi connectivity index (χ0) is 11.3. The third kappa shape index (κ3) is 3.09. The van der Waals surface area contributed by atoms with Crippen LogP contribution in [0.25, 0.3) is 0 Å². The van der Waals surface area contributed by atoms with Gasteiger partial charge in [0.2, 0.25) is 0 Å². The van der Waals surface area contributed by atoms with Crippen LogP contribution >= 0.6 is 0 Å². The summed E-state index contributed by atoms with van der Waals surface area (Å²) < 4.78 is 22.3. The monoisotopic (exact) mass is 213 g/mol. The SMILES string of the molecule is COc1ccc(C(C)N)c(OCCF)c1. The van der Waals surface area contributed by atoms with Crippen molar-refractivity contribution >= 4 is 0 Å². The molecule has 0 saturated carbocycles. The minimum Gasteiger partial charge on any atom is -0.497 e. The molecule has 0 amide bonds. The molecule has 1 rings (SSSR count). The number of benzene rings is 1. The smallest absolute Gasteiger partial charge is 0.127 e. The van der Waals surface area contributed by atoms with Crippen LogP contribution in [0.2, 0.25) is 0 Å². The highest BCUT2D eigenvalue weighted by molar-refractivity contribution is 5.42. The van der Waals surface area contributed by atoms with Gasteiger partial charge in [0, 0.05) is 17.7 Å². The minimum absolute atomic E-state index is 0.0346. The van der Waals surface area contributed by atoms with E-state index in [-0.39, 0.29) is 12.6 Å². The normalized spacial score (nSPS) is 12.3. The Morgan fingerprint density at radius 3 is 2.73 bits per heavy atom. The molecule has 1 aromatic carbocycles. The van der Waals surface area contributed by atoms with E-state index >= 15 is 0 Å². The van der Waals surface area contributed by atoms with Gasteiger partial charge in [0.1, 0.15) is 24.8 Å². The molecule has 1 unspecified atom stereocenters. The largest absolute Gasteiger partial charge is 0.497 e. The molecule has 0 saturated heterocycles. The average Bonchev–Trinajstić information content (AvgIpc) is 2.25. The number of methoxy groups -OCH3 is 1. The van der Waals surface area contributed by atoms with Gasteiger partial charge in [-0.3, -0.25) is 0 Å². The molecule has 0 spiro atoms. The molecule has 84 valence electrons. The Hall–Kier alpha value is -1.29. The fraction of sp³-hybridized carbons (Fsp3) is 0.455. The Kier molecular flexibility index (Phi) is 4.37. The number of hydrogen-bond acceptors (Lipinski definition) is 3. The quantitative estimate of drug-likeness (QED) is 0.814. The van der Waals surface area contributed by atoms with Crippen LogP contribution in [0.5, 0.6) is 11.5 Å². The van der Waals surface area contributed by atoms with Crippen LogP contribution in [-0.4, -0.2) is 20.4 Å². The van der Waals surface area contributed by atoms with Crippen molar-refractivity contribution in [2.45, 2.75) is 13.0 Å². The summed E-state index contributed by atoms with van der Waals surface area (Å²) in [7, 11) is 1.57. The topological polar surface area (TPSA) is 44.5 Å². The maximum absolute atomic E-state index is 12.0. The van der Waals surface area contributed by atoms with E-state index in [0.717, 1.165) is 5.56 Å². The molecule has 1 aromatic rings. The fourth-order valence-corrected chi connectivity index (χ4v) is 1.29. The van der Waals surface area contributed by atoms with E-state index < -0.39 is 6.67 Å². The van der Waals surface area contributed by atoms with Crippen LogP contribution in [0, 0.1) is 0 Å². The molecule has 2 N–H and O–H groups in total. The summed E-state index contributed by atoms with van der Waals surface area (Å²) in [5.74, 6) is 1.26. The van der Waals surface area contributed by atoms with Gasteiger partial charge < -0.3 is 15.2 Å². The lowest BCUT2D eigenvalue weighted by atomic mass is 10.1. The van der Waals surface area contributed by atoms with E-state index in [2.05, 4.69) is 0 Å². The fourth-order valence-electron chi connectivity index (χ4n) is 1.29. The van der Waals surface area contributed by atoms with Gasteiger partial charge in [-0.05, 0) is 13.0 Å². The van der Waals surface area contributed by atoms with Crippen molar-refractivity contribution in [1.29, 1.82) is 0 Å². The van der Waals surface area contributed by atoms with E-state index in [4.69, 9.17) is 15.2 Å². The van der Waals surface area contributed by atoms with E-state index in [1.165, 1.54) is 0 Å². The highest BCUT2D eigenvalue weighted by atomic mass is 19.1. The van der Waals surface area contributed by atoms with Crippen LogP contribution in [0.3, 0.4) is 0 Å². The molecule has 1 atom stereocenters. The van der Waals surface area contributed by atoms with Crippen LogP contribution in [0.15, 0.2) is 18.2 Å². The predicted molar refractivity (Wildman–Crippen MR) is 57.1 cm³/mol. The lowest BCUT2D eigenvalue weighted by molar-refractivity contribution is 0.268. The number of ether oxygens (including phenoxy) is 2. The molecule has 0 aliphatic carbocycles. The lowest BCUT2D eigenvalue weighted by Gasteiger charge is -2.14. The summed E-state index contributed by atoms with van der Waals surface area (Å²) in [5.41, 5.74) is 6.61. The van der Waals surface area contributed by atoms with E-state index in [9.17, 15) is 4.39 Å². The second kappa shape index (κ2) is 5.56. The zero-order valence-corrected chi connectivity index (χ0v) is 9.00. The van der Waals surface area contributed by atoms with E-state index in [1.54, 1.807) is 19.2 Å². The van der Waals surface area contributed by atoms with Crippen LogP contribution in [0.4, 0.5) is 4.39 Å². The molecule has 0 fully saturated rings. The van der Waals surface area contributed by atoms with E-state index in [1.807, 2.05) is 13.0 Å². The second-order valence-corrected chi connectivity index (χ2v) is 3.23. The molecule has 0 bridgehead atoms. The highest BCUT2D eigenvalue weighted by Crippen LogP contribution is 2.28. The first kappa shape index (κ1) is 11.8. The maximum atomic E-state index is 12.0. The molecule has 4 heteroatoms. The average molecular weight is 213 g/mol. The molecule has 15 heavy (non-hydrogen) atoms. The van der Waals surface area contributed by atoms with Gasteiger partial charge in [-0.25, -0.2) is 4.39 Å². The number of hydrogen-bond donors (Lipinski definition) is 1. The number of halogens is 1. The molecule has 0 radical (unpaired) electrons. The van der Waals surface area contributed by atoms with Crippen molar-refractivity contribution in [2.24, 2.45) is 5.73 Å². The van der Waals surface area contributed by atoms with Crippen molar-refractivity contribution in [3.63, 3.8) is 0 Å². The van der Waals surface area contributed by atoms with Crippen LogP contribution < -0.4 is 15.2 Å². The predicted octanol–water partition coefficient (Wildman–Crippen LogP) is 2.06. The third-order valence-electron chi connectivity index (χ3n) is 2.05. The summed E-state index contributed by atoms with van der Waals surface area (Å²) >= 11 is 0. The lowest BCUT2D eigenvalue weighted by Crippen LogP contribution is -2.09. The van der Waals surface area contributed by atoms with Crippen LogP contribution in [-0.2, 0) is 0 Å². The molecule has 0 aliphatic heterocycles. The van der Waals surface area contributed by atoms with Gasteiger partial charge in [-0.2, -0.15) is 0 Å². The van der Waals surface area contributed by atoms with E-state index in [0.29, 0.717) is 11.5 Å². The molecular formula is C11H16FNO2. The minimum atomic E-state index is -0.518. The van der Waals surface area contributed by atoms with Gasteiger partial charge in [0.15, 0.2) is 0 Å². The molecule has 0 aromatic heterocycles. The summed E-state index contributed by atoms with van der Waals surface area (Å²) in [5, 5.41) is 0. The summed E-state index contributed by atoms with van der Waals surface area (Å²) in [4.78, 5) is 0. The van der Waals surface area contributed by atoms with Gasteiger partial charge in [-0.1, -0.05) is 6.07 Å². The molecule has 0 aliphatic rings.